The highest BCUT2D eigenvalue weighted by Crippen LogP contribution is 2.31. The molecule has 1 aliphatic heterocycles. The Hall–Kier alpha value is -2.39. The molecule has 0 bridgehead atoms. The highest BCUT2D eigenvalue weighted by Gasteiger charge is 2.26. The summed E-state index contributed by atoms with van der Waals surface area (Å²) in [5.74, 6) is 0. The van der Waals surface area contributed by atoms with E-state index in [4.69, 9.17) is 0 Å². The quantitative estimate of drug-likeness (QED) is 0.638. The molecule has 3 heteroatoms. The molecule has 2 heterocycles. The first-order chi connectivity index (χ1) is 13.7. The normalized spacial score (nSPS) is 19.7. The lowest BCUT2D eigenvalue weighted by Gasteiger charge is -2.32. The predicted octanol–water partition coefficient (Wildman–Crippen LogP) is 5.11. The number of aromatic nitrogens is 2. The molecular formula is C25H29N3. The third-order valence-corrected chi connectivity index (χ3v) is 6.50. The summed E-state index contributed by atoms with van der Waals surface area (Å²) in [4.78, 5) is 2.72. The number of aryl methyl sites for hydroxylation is 3. The fourth-order valence-electron chi connectivity index (χ4n) is 5.04. The van der Waals surface area contributed by atoms with Crippen molar-refractivity contribution in [2.45, 2.75) is 52.0 Å². The molecule has 1 aromatic heterocycles. The van der Waals surface area contributed by atoms with E-state index in [0.29, 0.717) is 0 Å². The number of fused-ring (bicyclic) bond motifs is 1. The highest BCUT2D eigenvalue weighted by molar-refractivity contribution is 5.67. The number of rotatable bonds is 3. The molecule has 0 amide bonds. The van der Waals surface area contributed by atoms with Crippen molar-refractivity contribution in [2.75, 3.05) is 13.1 Å². The molecule has 28 heavy (non-hydrogen) atoms. The molecule has 2 aromatic carbocycles. The van der Waals surface area contributed by atoms with Crippen LogP contribution in [0.15, 0.2) is 48.5 Å². The van der Waals surface area contributed by atoms with Crippen molar-refractivity contribution >= 4 is 0 Å². The van der Waals surface area contributed by atoms with Crippen LogP contribution < -0.4 is 0 Å². The van der Waals surface area contributed by atoms with Gasteiger partial charge in [0, 0.05) is 11.7 Å². The van der Waals surface area contributed by atoms with Crippen LogP contribution in [-0.2, 0) is 12.8 Å². The number of benzene rings is 2. The minimum Gasteiger partial charge on any atom is -0.300 e. The molecule has 0 radical (unpaired) electrons. The van der Waals surface area contributed by atoms with E-state index in [1.807, 2.05) is 11.6 Å². The monoisotopic (exact) mass is 371 g/mol. The Morgan fingerprint density at radius 2 is 1.71 bits per heavy atom. The summed E-state index contributed by atoms with van der Waals surface area (Å²) in [7, 11) is 0. The molecule has 3 aromatic rings. The summed E-state index contributed by atoms with van der Waals surface area (Å²) in [6, 6.07) is 18.8. The first kappa shape index (κ1) is 17.7. The Kier molecular flexibility index (Phi) is 4.56. The SMILES string of the molecule is Cc1cc(C)n(-c2cccc(-c3ccc4c(c3)CCC(N3CCCC3)C4)c2)n1. The second-order valence-electron chi connectivity index (χ2n) is 8.51. The summed E-state index contributed by atoms with van der Waals surface area (Å²) >= 11 is 0. The van der Waals surface area contributed by atoms with Crippen LogP contribution in [0.25, 0.3) is 16.8 Å². The Labute approximate surface area is 168 Å². The fourth-order valence-corrected chi connectivity index (χ4v) is 5.04. The number of hydrogen-bond acceptors (Lipinski definition) is 2. The van der Waals surface area contributed by atoms with E-state index in [0.717, 1.165) is 17.4 Å². The predicted molar refractivity (Wildman–Crippen MR) is 115 cm³/mol. The average molecular weight is 372 g/mol. The maximum absolute atomic E-state index is 4.64. The van der Waals surface area contributed by atoms with Gasteiger partial charge in [0.25, 0.3) is 0 Å². The maximum atomic E-state index is 4.64. The van der Waals surface area contributed by atoms with Crippen molar-refractivity contribution in [3.8, 4) is 16.8 Å². The van der Waals surface area contributed by atoms with Crippen LogP contribution in [0.1, 0.15) is 41.8 Å². The summed E-state index contributed by atoms with van der Waals surface area (Å²) in [5.41, 5.74) is 9.06. The second-order valence-corrected chi connectivity index (χ2v) is 8.51. The van der Waals surface area contributed by atoms with E-state index in [9.17, 15) is 0 Å². The number of nitrogens with zero attached hydrogens (tertiary/aromatic N) is 3. The molecule has 5 rings (SSSR count). The van der Waals surface area contributed by atoms with Gasteiger partial charge >= 0.3 is 0 Å². The van der Waals surface area contributed by atoms with Crippen molar-refractivity contribution in [1.82, 2.24) is 14.7 Å². The van der Waals surface area contributed by atoms with Gasteiger partial charge in [-0.3, -0.25) is 0 Å². The summed E-state index contributed by atoms with van der Waals surface area (Å²) < 4.78 is 2.04. The molecule has 1 unspecified atom stereocenters. The van der Waals surface area contributed by atoms with E-state index in [-0.39, 0.29) is 0 Å². The Morgan fingerprint density at radius 1 is 0.893 bits per heavy atom. The van der Waals surface area contributed by atoms with Crippen LogP contribution >= 0.6 is 0 Å². The van der Waals surface area contributed by atoms with Gasteiger partial charge in [-0.15, -0.1) is 0 Å². The first-order valence-electron chi connectivity index (χ1n) is 10.7. The summed E-state index contributed by atoms with van der Waals surface area (Å²) in [5, 5.41) is 4.64. The Balaban J connectivity index is 1.42. The van der Waals surface area contributed by atoms with Crippen LogP contribution in [0.4, 0.5) is 0 Å². The third-order valence-electron chi connectivity index (χ3n) is 6.50. The molecule has 0 N–H and O–H groups in total. The van der Waals surface area contributed by atoms with Crippen LogP contribution in [0.3, 0.4) is 0 Å². The number of likely N-dealkylation sites (tertiary alicyclic amines) is 1. The van der Waals surface area contributed by atoms with Gasteiger partial charge in [-0.2, -0.15) is 5.10 Å². The van der Waals surface area contributed by atoms with Gasteiger partial charge in [0.2, 0.25) is 0 Å². The maximum Gasteiger partial charge on any atom is 0.0654 e. The minimum absolute atomic E-state index is 0.759. The van der Waals surface area contributed by atoms with E-state index < -0.39 is 0 Å². The molecule has 0 saturated carbocycles. The van der Waals surface area contributed by atoms with Gasteiger partial charge in [-0.1, -0.05) is 30.3 Å². The zero-order valence-electron chi connectivity index (χ0n) is 17.0. The van der Waals surface area contributed by atoms with E-state index in [1.54, 1.807) is 11.1 Å². The Morgan fingerprint density at radius 3 is 2.50 bits per heavy atom. The zero-order chi connectivity index (χ0) is 19.1. The van der Waals surface area contributed by atoms with Crippen LogP contribution in [-0.4, -0.2) is 33.8 Å². The lowest BCUT2D eigenvalue weighted by atomic mass is 9.85. The van der Waals surface area contributed by atoms with Crippen molar-refractivity contribution in [2.24, 2.45) is 0 Å². The molecule has 1 aliphatic carbocycles. The van der Waals surface area contributed by atoms with Crippen LogP contribution in [0.2, 0.25) is 0 Å². The standard InChI is InChI=1S/C25H29N3/c1-18-14-19(2)28(26-18)25-7-5-6-20(17-25)21-8-9-23-16-24(11-10-22(23)15-21)27-12-3-4-13-27/h5-9,14-15,17,24H,3-4,10-13,16H2,1-2H3. The Bertz CT molecular complexity index is 995. The van der Waals surface area contributed by atoms with Crippen molar-refractivity contribution in [3.05, 3.63) is 71.0 Å². The number of hydrogen-bond donors (Lipinski definition) is 0. The lowest BCUT2D eigenvalue weighted by molar-refractivity contribution is 0.222. The van der Waals surface area contributed by atoms with Gasteiger partial charge in [0.05, 0.1) is 11.4 Å². The van der Waals surface area contributed by atoms with E-state index in [1.165, 1.54) is 62.0 Å². The largest absolute Gasteiger partial charge is 0.300 e. The van der Waals surface area contributed by atoms with Gasteiger partial charge < -0.3 is 4.90 Å². The molecular weight excluding hydrogens is 342 g/mol. The topological polar surface area (TPSA) is 21.1 Å². The van der Waals surface area contributed by atoms with Crippen molar-refractivity contribution < 1.29 is 0 Å². The summed E-state index contributed by atoms with van der Waals surface area (Å²) in [6.07, 6.45) is 6.51. The first-order valence-corrected chi connectivity index (χ1v) is 10.7. The molecule has 1 fully saturated rings. The molecule has 3 nitrogen and oxygen atoms in total. The fraction of sp³-hybridized carbons (Fsp3) is 0.400. The molecule has 1 saturated heterocycles. The lowest BCUT2D eigenvalue weighted by Crippen LogP contribution is -2.37. The second kappa shape index (κ2) is 7.21. The zero-order valence-corrected chi connectivity index (χ0v) is 17.0. The molecule has 0 spiro atoms. The van der Waals surface area contributed by atoms with Gasteiger partial charge in [-0.05, 0) is 99.5 Å². The van der Waals surface area contributed by atoms with Crippen molar-refractivity contribution in [3.63, 3.8) is 0 Å². The van der Waals surface area contributed by atoms with E-state index in [2.05, 4.69) is 65.5 Å². The minimum atomic E-state index is 0.759. The van der Waals surface area contributed by atoms with Gasteiger partial charge in [-0.25, -0.2) is 4.68 Å². The van der Waals surface area contributed by atoms with Crippen LogP contribution in [0, 0.1) is 13.8 Å². The molecule has 144 valence electrons. The van der Waals surface area contributed by atoms with E-state index >= 15 is 0 Å². The highest BCUT2D eigenvalue weighted by atomic mass is 15.3. The smallest absolute Gasteiger partial charge is 0.0654 e. The molecule has 1 atom stereocenters. The van der Waals surface area contributed by atoms with Crippen molar-refractivity contribution in [1.29, 1.82) is 0 Å². The van der Waals surface area contributed by atoms with Gasteiger partial charge in [0.1, 0.15) is 0 Å². The summed E-state index contributed by atoms with van der Waals surface area (Å²) in [6.45, 7) is 6.77. The molecule has 2 aliphatic rings. The average Bonchev–Trinajstić information content (AvgIpc) is 3.37. The van der Waals surface area contributed by atoms with Gasteiger partial charge in [0.15, 0.2) is 0 Å². The third kappa shape index (κ3) is 3.29. The van der Waals surface area contributed by atoms with Crippen LogP contribution in [0.5, 0.6) is 0 Å².